The third-order valence-corrected chi connectivity index (χ3v) is 5.66. The Labute approximate surface area is 174 Å². The molecule has 1 aliphatic heterocycles. The number of amides is 1. The Morgan fingerprint density at radius 2 is 2.10 bits per heavy atom. The van der Waals surface area contributed by atoms with Crippen molar-refractivity contribution in [3.63, 3.8) is 0 Å². The number of ether oxygens (including phenoxy) is 1. The molecule has 4 rings (SSSR count). The lowest BCUT2D eigenvalue weighted by atomic mass is 10.3. The van der Waals surface area contributed by atoms with Gasteiger partial charge in [0, 0.05) is 31.8 Å². The molecular weight excluding hydrogens is 420 g/mol. The molecule has 0 unspecified atom stereocenters. The lowest BCUT2D eigenvalue weighted by molar-refractivity contribution is 0.0688. The topological polar surface area (TPSA) is 111 Å². The third kappa shape index (κ3) is 4.34. The summed E-state index contributed by atoms with van der Waals surface area (Å²) in [4.78, 5) is 26.9. The molecule has 0 aromatic carbocycles. The van der Waals surface area contributed by atoms with Gasteiger partial charge in [-0.1, -0.05) is 16.8 Å². The molecule has 0 saturated carbocycles. The predicted molar refractivity (Wildman–Crippen MR) is 104 cm³/mol. The monoisotopic (exact) mass is 436 g/mol. The van der Waals surface area contributed by atoms with Crippen molar-refractivity contribution in [3.8, 4) is 10.6 Å². The number of rotatable bonds is 5. The van der Waals surface area contributed by atoms with E-state index >= 15 is 0 Å². The molecule has 0 bridgehead atoms. The number of halogens is 1. The van der Waals surface area contributed by atoms with Crippen LogP contribution < -0.4 is 0 Å². The van der Waals surface area contributed by atoms with Gasteiger partial charge in [-0.15, -0.1) is 11.3 Å². The van der Waals surface area contributed by atoms with Crippen LogP contribution in [-0.4, -0.2) is 63.1 Å². The molecule has 1 fully saturated rings. The van der Waals surface area contributed by atoms with Gasteiger partial charge in [0.15, 0.2) is 11.5 Å². The predicted octanol–water partition coefficient (Wildman–Crippen LogP) is 2.86. The van der Waals surface area contributed by atoms with E-state index in [2.05, 4.69) is 10.3 Å². The van der Waals surface area contributed by atoms with Gasteiger partial charge in [0.1, 0.15) is 11.4 Å². The maximum atomic E-state index is 13.0. The molecule has 152 valence electrons. The second kappa shape index (κ2) is 8.36. The fraction of sp³-hybridized carbons (Fsp3) is 0.333. The van der Waals surface area contributed by atoms with Gasteiger partial charge >= 0.3 is 5.97 Å². The molecule has 1 saturated heterocycles. The number of carbonyl (C=O) groups is 2. The number of nitrogens with zero attached hydrogens (tertiary/aromatic N) is 4. The lowest BCUT2D eigenvalue weighted by Gasteiger charge is -2.19. The smallest absolute Gasteiger partial charge is 0.356 e. The van der Waals surface area contributed by atoms with E-state index in [0.29, 0.717) is 42.1 Å². The summed E-state index contributed by atoms with van der Waals surface area (Å²) < 4.78 is 12.7. The highest BCUT2D eigenvalue weighted by molar-refractivity contribution is 7.19. The molecule has 4 heterocycles. The Bertz CT molecular complexity index is 1030. The molecule has 0 radical (unpaired) electrons. The third-order valence-electron chi connectivity index (χ3n) is 4.41. The van der Waals surface area contributed by atoms with E-state index in [0.717, 1.165) is 11.3 Å². The summed E-state index contributed by atoms with van der Waals surface area (Å²) in [5, 5.41) is 17.4. The zero-order chi connectivity index (χ0) is 20.4. The number of hydrogen-bond acceptors (Lipinski definition) is 7. The summed E-state index contributed by atoms with van der Waals surface area (Å²) in [6.07, 6.45) is 0.724. The van der Waals surface area contributed by atoms with Crippen molar-refractivity contribution in [2.24, 2.45) is 0 Å². The first-order chi connectivity index (χ1) is 14.0. The maximum Gasteiger partial charge on any atom is 0.356 e. The van der Waals surface area contributed by atoms with Gasteiger partial charge in [-0.25, -0.2) is 4.79 Å². The van der Waals surface area contributed by atoms with Crippen LogP contribution in [0.4, 0.5) is 0 Å². The Morgan fingerprint density at radius 1 is 1.24 bits per heavy atom. The van der Waals surface area contributed by atoms with Crippen LogP contribution >= 0.6 is 22.9 Å². The Morgan fingerprint density at radius 3 is 2.86 bits per heavy atom. The minimum atomic E-state index is -1.20. The van der Waals surface area contributed by atoms with Gasteiger partial charge in [-0.2, -0.15) is 5.10 Å². The molecule has 0 atom stereocenters. The van der Waals surface area contributed by atoms with Crippen molar-refractivity contribution in [1.29, 1.82) is 0 Å². The highest BCUT2D eigenvalue weighted by atomic mass is 35.5. The molecule has 1 aliphatic rings. The van der Waals surface area contributed by atoms with Crippen LogP contribution in [0.3, 0.4) is 0 Å². The Kier molecular flexibility index (Phi) is 5.65. The number of carboxylic acid groups (broad SMARTS) is 1. The summed E-state index contributed by atoms with van der Waals surface area (Å²) >= 11 is 7.31. The Balaban J connectivity index is 1.60. The molecule has 11 heteroatoms. The van der Waals surface area contributed by atoms with Gasteiger partial charge in [0.2, 0.25) is 0 Å². The van der Waals surface area contributed by atoms with Crippen molar-refractivity contribution in [3.05, 3.63) is 45.7 Å². The van der Waals surface area contributed by atoms with Gasteiger partial charge in [0.05, 0.1) is 22.4 Å². The highest BCUT2D eigenvalue weighted by Gasteiger charge is 2.25. The number of thiophene rings is 1. The first-order valence-corrected chi connectivity index (χ1v) is 10.1. The van der Waals surface area contributed by atoms with Gasteiger partial charge < -0.3 is 19.3 Å². The van der Waals surface area contributed by atoms with Crippen molar-refractivity contribution in [2.45, 2.75) is 13.0 Å². The largest absolute Gasteiger partial charge is 0.476 e. The molecule has 3 aromatic heterocycles. The summed E-state index contributed by atoms with van der Waals surface area (Å²) in [6.45, 7) is 2.13. The summed E-state index contributed by atoms with van der Waals surface area (Å²) in [6, 6.07) is 6.59. The van der Waals surface area contributed by atoms with E-state index in [-0.39, 0.29) is 23.8 Å². The normalized spacial score (nSPS) is 14.7. The second-order valence-corrected chi connectivity index (χ2v) is 8.14. The van der Waals surface area contributed by atoms with Crippen molar-refractivity contribution >= 4 is 34.8 Å². The van der Waals surface area contributed by atoms with E-state index in [4.69, 9.17) is 20.9 Å². The average molecular weight is 437 g/mol. The molecule has 1 N–H and O–H groups in total. The van der Waals surface area contributed by atoms with Gasteiger partial charge in [-0.3, -0.25) is 9.48 Å². The SMILES string of the molecule is O=C(O)c1cc(C(=O)N2CCCOCC2)n(Cc2cc(-c3ccc(Cl)s3)on2)n1. The fourth-order valence-corrected chi connectivity index (χ4v) is 4.02. The molecule has 3 aromatic rings. The van der Waals surface area contributed by atoms with Crippen LogP contribution in [0, 0.1) is 0 Å². The van der Waals surface area contributed by atoms with Crippen LogP contribution in [0.1, 0.15) is 33.1 Å². The zero-order valence-electron chi connectivity index (χ0n) is 15.2. The van der Waals surface area contributed by atoms with Crippen LogP contribution in [0.2, 0.25) is 4.34 Å². The molecule has 0 spiro atoms. The number of aromatic carboxylic acids is 1. The Hall–Kier alpha value is -2.69. The number of hydrogen-bond donors (Lipinski definition) is 1. The summed E-state index contributed by atoms with van der Waals surface area (Å²) in [5.41, 5.74) is 0.499. The lowest BCUT2D eigenvalue weighted by Crippen LogP contribution is -2.34. The zero-order valence-corrected chi connectivity index (χ0v) is 16.8. The van der Waals surface area contributed by atoms with E-state index < -0.39 is 5.97 Å². The molecule has 0 aliphatic carbocycles. The van der Waals surface area contributed by atoms with Crippen molar-refractivity contribution < 1.29 is 24.0 Å². The van der Waals surface area contributed by atoms with Crippen LogP contribution in [0.15, 0.2) is 28.8 Å². The average Bonchev–Trinajstić information content (AvgIpc) is 3.38. The van der Waals surface area contributed by atoms with E-state index in [1.54, 1.807) is 17.0 Å². The molecule has 29 heavy (non-hydrogen) atoms. The van der Waals surface area contributed by atoms with Crippen LogP contribution in [0.25, 0.3) is 10.6 Å². The second-order valence-electron chi connectivity index (χ2n) is 6.42. The maximum absolute atomic E-state index is 13.0. The van der Waals surface area contributed by atoms with E-state index in [9.17, 15) is 14.7 Å². The van der Waals surface area contributed by atoms with Crippen LogP contribution in [0.5, 0.6) is 0 Å². The van der Waals surface area contributed by atoms with Crippen molar-refractivity contribution in [2.75, 3.05) is 26.3 Å². The van der Waals surface area contributed by atoms with Crippen molar-refractivity contribution in [1.82, 2.24) is 19.8 Å². The molecule has 9 nitrogen and oxygen atoms in total. The van der Waals surface area contributed by atoms with E-state index in [1.807, 2.05) is 6.07 Å². The van der Waals surface area contributed by atoms with Gasteiger partial charge in [0.25, 0.3) is 5.91 Å². The summed E-state index contributed by atoms with van der Waals surface area (Å²) in [7, 11) is 0. The van der Waals surface area contributed by atoms with Gasteiger partial charge in [-0.05, 0) is 18.6 Å². The minimum Gasteiger partial charge on any atom is -0.476 e. The van der Waals surface area contributed by atoms with E-state index in [1.165, 1.54) is 22.1 Å². The number of carboxylic acids is 1. The molecule has 1 amide bonds. The fourth-order valence-electron chi connectivity index (χ4n) is 3.03. The quantitative estimate of drug-likeness (QED) is 0.654. The standard InChI is InChI=1S/C18H17ClN4O5S/c19-16-3-2-15(29-16)14-8-11(21-28-14)10-23-13(9-12(20-23)18(25)26)17(24)22-4-1-6-27-7-5-22/h2-3,8-9H,1,4-7,10H2,(H,25,26). The number of carbonyl (C=O) groups excluding carboxylic acids is 1. The highest BCUT2D eigenvalue weighted by Crippen LogP contribution is 2.31. The summed E-state index contributed by atoms with van der Waals surface area (Å²) in [5.74, 6) is -0.949. The number of aromatic nitrogens is 3. The van der Waals surface area contributed by atoms with Crippen LogP contribution in [-0.2, 0) is 11.3 Å². The minimum absolute atomic E-state index is 0.0985. The first kappa shape index (κ1) is 19.6. The first-order valence-electron chi connectivity index (χ1n) is 8.91. The molecular formula is C18H17ClN4O5S.